The van der Waals surface area contributed by atoms with Crippen molar-refractivity contribution in [2.75, 3.05) is 11.9 Å². The average Bonchev–Trinajstić information content (AvgIpc) is 3.53. The molecule has 8 heteroatoms. The lowest BCUT2D eigenvalue weighted by Gasteiger charge is -2.09. The van der Waals surface area contributed by atoms with Crippen LogP contribution in [-0.2, 0) is 13.0 Å². The minimum atomic E-state index is -1.01. The number of carbonyl (C=O) groups is 2. The van der Waals surface area contributed by atoms with Crippen molar-refractivity contribution in [1.29, 1.82) is 0 Å². The molecule has 3 heterocycles. The molecular formula is C25H21N3O4S. The van der Waals surface area contributed by atoms with Crippen LogP contribution in [0, 0.1) is 6.92 Å². The molecule has 0 aliphatic carbocycles. The Balaban J connectivity index is 1.33. The van der Waals surface area contributed by atoms with Gasteiger partial charge in [-0.15, -0.1) is 11.3 Å². The van der Waals surface area contributed by atoms with E-state index >= 15 is 0 Å². The number of benzene rings is 2. The molecule has 1 aliphatic heterocycles. The largest absolute Gasteiger partial charge is 0.493 e. The van der Waals surface area contributed by atoms with Gasteiger partial charge in [-0.25, -0.2) is 9.78 Å². The number of fused-ring (bicyclic) bond motifs is 1. The van der Waals surface area contributed by atoms with E-state index in [9.17, 15) is 9.59 Å². The molecule has 2 N–H and O–H groups in total. The number of thiazole rings is 1. The van der Waals surface area contributed by atoms with Crippen LogP contribution in [0.5, 0.6) is 5.75 Å². The SMILES string of the molecule is Cc1cc(C(=O)Nc2ccc(C(=O)O)cc2)n(Cc2csc(-c3ccc4c(c3)CCO4)n2)c1. The lowest BCUT2D eigenvalue weighted by Crippen LogP contribution is -2.17. The number of rotatable bonds is 6. The van der Waals surface area contributed by atoms with Gasteiger partial charge in [0.2, 0.25) is 0 Å². The zero-order valence-electron chi connectivity index (χ0n) is 17.9. The van der Waals surface area contributed by atoms with Crippen molar-refractivity contribution in [1.82, 2.24) is 9.55 Å². The second-order valence-corrected chi connectivity index (χ2v) is 8.79. The molecule has 0 spiro atoms. The topological polar surface area (TPSA) is 93.5 Å². The second kappa shape index (κ2) is 8.55. The highest BCUT2D eigenvalue weighted by Gasteiger charge is 2.17. The Morgan fingerprint density at radius 2 is 2.00 bits per heavy atom. The van der Waals surface area contributed by atoms with Crippen LogP contribution in [0.1, 0.15) is 37.7 Å². The molecule has 2 aromatic carbocycles. The maximum Gasteiger partial charge on any atom is 0.335 e. The monoisotopic (exact) mass is 459 g/mol. The van der Waals surface area contributed by atoms with Gasteiger partial charge < -0.3 is 19.7 Å². The van der Waals surface area contributed by atoms with Gasteiger partial charge in [-0.2, -0.15) is 0 Å². The van der Waals surface area contributed by atoms with E-state index in [0.29, 0.717) is 17.9 Å². The van der Waals surface area contributed by atoms with Gasteiger partial charge >= 0.3 is 5.97 Å². The number of carboxylic acid groups (broad SMARTS) is 1. The number of hydrogen-bond acceptors (Lipinski definition) is 5. The van der Waals surface area contributed by atoms with Crippen molar-refractivity contribution in [3.8, 4) is 16.3 Å². The van der Waals surface area contributed by atoms with Crippen LogP contribution in [0.4, 0.5) is 5.69 Å². The van der Waals surface area contributed by atoms with Crippen molar-refractivity contribution in [3.63, 3.8) is 0 Å². The van der Waals surface area contributed by atoms with Crippen LogP contribution in [0.15, 0.2) is 60.1 Å². The van der Waals surface area contributed by atoms with Crippen molar-refractivity contribution in [2.24, 2.45) is 0 Å². The number of carbonyl (C=O) groups excluding carboxylic acids is 1. The molecule has 0 saturated heterocycles. The number of anilines is 1. The van der Waals surface area contributed by atoms with E-state index in [2.05, 4.69) is 11.4 Å². The Labute approximate surface area is 194 Å². The highest BCUT2D eigenvalue weighted by Crippen LogP contribution is 2.32. The number of nitrogens with one attached hydrogen (secondary N) is 1. The summed E-state index contributed by atoms with van der Waals surface area (Å²) in [5, 5.41) is 14.8. The maximum absolute atomic E-state index is 12.9. The highest BCUT2D eigenvalue weighted by atomic mass is 32.1. The molecule has 0 atom stereocenters. The molecule has 5 rings (SSSR count). The van der Waals surface area contributed by atoms with Gasteiger partial charge in [0.25, 0.3) is 5.91 Å². The second-order valence-electron chi connectivity index (χ2n) is 7.93. The Hall–Kier alpha value is -3.91. The number of amides is 1. The minimum Gasteiger partial charge on any atom is -0.493 e. The Kier molecular flexibility index (Phi) is 5.43. The molecule has 0 bridgehead atoms. The molecule has 33 heavy (non-hydrogen) atoms. The molecule has 0 unspecified atom stereocenters. The van der Waals surface area contributed by atoms with E-state index in [4.69, 9.17) is 14.8 Å². The number of nitrogens with zero attached hydrogens (tertiary/aromatic N) is 2. The molecule has 166 valence electrons. The Morgan fingerprint density at radius 3 is 2.79 bits per heavy atom. The number of ether oxygens (including phenoxy) is 1. The van der Waals surface area contributed by atoms with E-state index < -0.39 is 5.97 Å². The zero-order chi connectivity index (χ0) is 22.9. The summed E-state index contributed by atoms with van der Waals surface area (Å²) in [6.07, 6.45) is 2.84. The lowest BCUT2D eigenvalue weighted by atomic mass is 10.1. The number of aromatic carboxylic acids is 1. The van der Waals surface area contributed by atoms with Crippen molar-refractivity contribution in [3.05, 3.63) is 88.2 Å². The third-order valence-corrected chi connectivity index (χ3v) is 6.42. The number of hydrogen-bond donors (Lipinski definition) is 2. The summed E-state index contributed by atoms with van der Waals surface area (Å²) in [6.45, 7) is 3.14. The summed E-state index contributed by atoms with van der Waals surface area (Å²) in [7, 11) is 0. The van der Waals surface area contributed by atoms with Gasteiger partial charge in [0.15, 0.2) is 0 Å². The summed E-state index contributed by atoms with van der Waals surface area (Å²) in [5.74, 6) is -0.319. The molecule has 7 nitrogen and oxygen atoms in total. The van der Waals surface area contributed by atoms with Crippen LogP contribution in [0.2, 0.25) is 0 Å². The van der Waals surface area contributed by atoms with E-state index in [1.54, 1.807) is 23.5 Å². The van der Waals surface area contributed by atoms with Gasteiger partial charge in [-0.3, -0.25) is 4.79 Å². The van der Waals surface area contributed by atoms with Gasteiger partial charge in [0.05, 0.1) is 24.4 Å². The average molecular weight is 460 g/mol. The number of aromatic nitrogens is 2. The summed E-state index contributed by atoms with van der Waals surface area (Å²) >= 11 is 1.58. The van der Waals surface area contributed by atoms with Crippen molar-refractivity contribution >= 4 is 28.9 Å². The van der Waals surface area contributed by atoms with Crippen LogP contribution < -0.4 is 10.1 Å². The molecule has 1 amide bonds. The Morgan fingerprint density at radius 1 is 1.18 bits per heavy atom. The van der Waals surface area contributed by atoms with Gasteiger partial charge in [0.1, 0.15) is 16.5 Å². The van der Waals surface area contributed by atoms with Crippen molar-refractivity contribution < 1.29 is 19.4 Å². The summed E-state index contributed by atoms with van der Waals surface area (Å²) in [4.78, 5) is 28.7. The molecular weight excluding hydrogens is 438 g/mol. The summed E-state index contributed by atoms with van der Waals surface area (Å²) in [6, 6.07) is 14.1. The predicted octanol–water partition coefficient (Wildman–Crippen LogP) is 4.85. The molecule has 4 aromatic rings. The first-order valence-electron chi connectivity index (χ1n) is 10.5. The van der Waals surface area contributed by atoms with Crippen molar-refractivity contribution in [2.45, 2.75) is 19.9 Å². The van der Waals surface area contributed by atoms with Crippen LogP contribution in [-0.4, -0.2) is 33.1 Å². The van der Waals surface area contributed by atoms with E-state index in [1.165, 1.54) is 17.7 Å². The maximum atomic E-state index is 12.9. The van der Waals surface area contributed by atoms with Crippen LogP contribution >= 0.6 is 11.3 Å². The third kappa shape index (κ3) is 4.38. The highest BCUT2D eigenvalue weighted by molar-refractivity contribution is 7.13. The van der Waals surface area contributed by atoms with E-state index in [1.807, 2.05) is 41.3 Å². The van der Waals surface area contributed by atoms with Crippen LogP contribution in [0.3, 0.4) is 0 Å². The van der Waals surface area contributed by atoms with E-state index in [0.717, 1.165) is 40.6 Å². The number of aryl methyl sites for hydroxylation is 1. The molecule has 0 saturated carbocycles. The Bertz CT molecular complexity index is 1350. The zero-order valence-corrected chi connectivity index (χ0v) is 18.7. The smallest absolute Gasteiger partial charge is 0.335 e. The van der Waals surface area contributed by atoms with Crippen LogP contribution in [0.25, 0.3) is 10.6 Å². The first-order valence-corrected chi connectivity index (χ1v) is 11.4. The molecule has 0 radical (unpaired) electrons. The quantitative estimate of drug-likeness (QED) is 0.430. The molecule has 1 aliphatic rings. The van der Waals surface area contributed by atoms with Gasteiger partial charge in [-0.05, 0) is 66.6 Å². The first-order chi connectivity index (χ1) is 16.0. The minimum absolute atomic E-state index is 0.169. The predicted molar refractivity (Wildman–Crippen MR) is 126 cm³/mol. The van der Waals surface area contributed by atoms with Gasteiger partial charge in [-0.1, -0.05) is 0 Å². The fraction of sp³-hybridized carbons (Fsp3) is 0.160. The first kappa shape index (κ1) is 21.0. The fourth-order valence-corrected chi connectivity index (χ4v) is 4.68. The number of carboxylic acids is 1. The summed E-state index contributed by atoms with van der Waals surface area (Å²) < 4.78 is 7.47. The van der Waals surface area contributed by atoms with E-state index in [-0.39, 0.29) is 11.5 Å². The fourth-order valence-electron chi connectivity index (χ4n) is 3.88. The summed E-state index contributed by atoms with van der Waals surface area (Å²) in [5.41, 5.74) is 5.34. The molecule has 2 aromatic heterocycles. The normalized spacial score (nSPS) is 12.3. The van der Waals surface area contributed by atoms with Gasteiger partial charge in [0, 0.05) is 29.2 Å². The molecule has 0 fully saturated rings. The third-order valence-electron chi connectivity index (χ3n) is 5.48. The lowest BCUT2D eigenvalue weighted by molar-refractivity contribution is 0.0696. The standard InChI is InChI=1S/C25H21N3O4S/c1-15-10-21(23(29)26-19-5-2-16(3-6-19)25(30)31)28(12-15)13-20-14-33-24(27-20)18-4-7-22-17(11-18)8-9-32-22/h2-7,10-12,14H,8-9,13H2,1H3,(H,26,29)(H,30,31).